The van der Waals surface area contributed by atoms with Gasteiger partial charge in [-0.2, -0.15) is 13.2 Å². The van der Waals surface area contributed by atoms with Crippen LogP contribution in [0.25, 0.3) is 0 Å². The molecule has 2 rings (SSSR count). The second kappa shape index (κ2) is 9.59. The largest absolute Gasteiger partial charge is 0.495 e. The quantitative estimate of drug-likeness (QED) is 0.649. The number of aryl methyl sites for hydroxylation is 1. The Labute approximate surface area is 180 Å². The normalized spacial score (nSPS) is 12.0. The molecule has 1 amide bonds. The summed E-state index contributed by atoms with van der Waals surface area (Å²) in [5.74, 6) is -0.508. The van der Waals surface area contributed by atoms with Gasteiger partial charge in [0, 0.05) is 6.54 Å². The van der Waals surface area contributed by atoms with Crippen molar-refractivity contribution in [3.63, 3.8) is 0 Å². The van der Waals surface area contributed by atoms with E-state index in [-0.39, 0.29) is 22.3 Å². The molecule has 0 heterocycles. The monoisotopic (exact) mass is 458 g/mol. The van der Waals surface area contributed by atoms with Crippen LogP contribution in [0.3, 0.4) is 0 Å². The summed E-state index contributed by atoms with van der Waals surface area (Å²) >= 11 is 0. The lowest BCUT2D eigenvalue weighted by Gasteiger charge is -2.26. The van der Waals surface area contributed by atoms with E-state index in [2.05, 4.69) is 5.32 Å². The Morgan fingerprint density at radius 1 is 1.16 bits per heavy atom. The molecular formula is C21H25F3N2O4S. The first-order valence-electron chi connectivity index (χ1n) is 9.47. The minimum Gasteiger partial charge on any atom is -0.495 e. The molecule has 0 aliphatic rings. The topological polar surface area (TPSA) is 75.7 Å². The van der Waals surface area contributed by atoms with Gasteiger partial charge in [0.05, 0.1) is 18.4 Å². The Kier molecular flexibility index (Phi) is 7.58. The zero-order valence-corrected chi connectivity index (χ0v) is 18.5. The summed E-state index contributed by atoms with van der Waals surface area (Å²) in [6, 6.07) is 8.29. The predicted molar refractivity (Wildman–Crippen MR) is 112 cm³/mol. The Hall–Kier alpha value is -2.75. The van der Waals surface area contributed by atoms with Crippen LogP contribution in [-0.4, -0.2) is 34.5 Å². The van der Waals surface area contributed by atoms with E-state index in [1.165, 1.54) is 25.3 Å². The van der Waals surface area contributed by atoms with Crippen LogP contribution in [0.5, 0.6) is 5.75 Å². The van der Waals surface area contributed by atoms with Crippen LogP contribution in [0.1, 0.15) is 25.0 Å². The zero-order valence-electron chi connectivity index (χ0n) is 17.7. The Morgan fingerprint density at radius 3 is 2.42 bits per heavy atom. The van der Waals surface area contributed by atoms with Gasteiger partial charge in [0.1, 0.15) is 17.2 Å². The van der Waals surface area contributed by atoms with Gasteiger partial charge < -0.3 is 10.1 Å². The number of methoxy groups -OCH3 is 1. The third-order valence-corrected chi connectivity index (χ3v) is 6.14. The van der Waals surface area contributed by atoms with Gasteiger partial charge in [-0.05, 0) is 48.7 Å². The molecule has 0 aliphatic carbocycles. The molecule has 0 aliphatic heterocycles. The van der Waals surface area contributed by atoms with Crippen molar-refractivity contribution in [3.05, 3.63) is 53.6 Å². The lowest BCUT2D eigenvalue weighted by atomic mass is 10.2. The Morgan fingerprint density at radius 2 is 1.84 bits per heavy atom. The molecule has 0 unspecified atom stereocenters. The fraction of sp³-hybridized carbons (Fsp3) is 0.381. The molecule has 6 nitrogen and oxygen atoms in total. The average molecular weight is 459 g/mol. The summed E-state index contributed by atoms with van der Waals surface area (Å²) in [5.41, 5.74) is -0.699. The minimum absolute atomic E-state index is 0.0187. The fourth-order valence-electron chi connectivity index (χ4n) is 2.76. The van der Waals surface area contributed by atoms with Crippen molar-refractivity contribution >= 4 is 21.6 Å². The lowest BCUT2D eigenvalue weighted by Crippen LogP contribution is -2.42. The van der Waals surface area contributed by atoms with Crippen molar-refractivity contribution in [1.82, 2.24) is 5.32 Å². The number of ether oxygens (including phenoxy) is 1. The summed E-state index contributed by atoms with van der Waals surface area (Å²) < 4.78 is 72.5. The fourth-order valence-corrected chi connectivity index (χ4v) is 4.42. The van der Waals surface area contributed by atoms with Crippen molar-refractivity contribution in [3.8, 4) is 5.75 Å². The number of carbonyl (C=O) groups is 1. The summed E-state index contributed by atoms with van der Waals surface area (Å²) in [6.45, 7) is 5.00. The molecule has 0 aromatic heterocycles. The van der Waals surface area contributed by atoms with Gasteiger partial charge in [-0.15, -0.1) is 0 Å². The van der Waals surface area contributed by atoms with Crippen LogP contribution >= 0.6 is 0 Å². The van der Waals surface area contributed by atoms with E-state index in [9.17, 15) is 26.4 Å². The maximum atomic E-state index is 13.5. The first-order chi connectivity index (χ1) is 14.4. The number of benzene rings is 2. The van der Waals surface area contributed by atoms with Crippen LogP contribution < -0.4 is 14.4 Å². The SMILES string of the molecule is COc1ccc(C)cc1S(=O)(=O)N(CC(=O)NCC(C)C)c1cccc(C(F)(F)F)c1. The van der Waals surface area contributed by atoms with Crippen LogP contribution in [0.15, 0.2) is 47.4 Å². The number of sulfonamides is 1. The number of alkyl halides is 3. The molecule has 170 valence electrons. The third kappa shape index (κ3) is 6.13. The third-order valence-electron chi connectivity index (χ3n) is 4.34. The maximum absolute atomic E-state index is 13.5. The maximum Gasteiger partial charge on any atom is 0.416 e. The van der Waals surface area contributed by atoms with Crippen LogP contribution in [0.4, 0.5) is 18.9 Å². The van der Waals surface area contributed by atoms with Crippen molar-refractivity contribution in [2.75, 3.05) is 24.5 Å². The van der Waals surface area contributed by atoms with Crippen molar-refractivity contribution in [2.45, 2.75) is 31.8 Å². The molecule has 2 aromatic carbocycles. The van der Waals surface area contributed by atoms with Gasteiger partial charge in [-0.25, -0.2) is 8.42 Å². The highest BCUT2D eigenvalue weighted by molar-refractivity contribution is 7.93. The summed E-state index contributed by atoms with van der Waals surface area (Å²) in [6.07, 6.45) is -4.67. The first kappa shape index (κ1) is 24.5. The molecule has 0 fully saturated rings. The molecule has 0 spiro atoms. The number of nitrogens with one attached hydrogen (secondary N) is 1. The predicted octanol–water partition coefficient (Wildman–Crippen LogP) is 3.99. The highest BCUT2D eigenvalue weighted by Gasteiger charge is 2.34. The molecule has 0 atom stereocenters. The van der Waals surface area contributed by atoms with Gasteiger partial charge in [-0.1, -0.05) is 26.0 Å². The lowest BCUT2D eigenvalue weighted by molar-refractivity contribution is -0.137. The number of hydrogen-bond donors (Lipinski definition) is 1. The van der Waals surface area contributed by atoms with Gasteiger partial charge in [0.25, 0.3) is 10.0 Å². The van der Waals surface area contributed by atoms with E-state index >= 15 is 0 Å². The number of anilines is 1. The van der Waals surface area contributed by atoms with E-state index in [1.807, 2.05) is 13.8 Å². The summed E-state index contributed by atoms with van der Waals surface area (Å²) in [7, 11) is -3.15. The second-order valence-corrected chi connectivity index (χ2v) is 9.24. The average Bonchev–Trinajstić information content (AvgIpc) is 2.69. The highest BCUT2D eigenvalue weighted by atomic mass is 32.2. The number of hydrogen-bond acceptors (Lipinski definition) is 4. The van der Waals surface area contributed by atoms with Gasteiger partial charge in [0.15, 0.2) is 0 Å². The van der Waals surface area contributed by atoms with E-state index in [0.29, 0.717) is 22.5 Å². The number of rotatable bonds is 8. The number of halogens is 3. The van der Waals surface area contributed by atoms with Crippen LogP contribution in [-0.2, 0) is 21.0 Å². The van der Waals surface area contributed by atoms with Gasteiger partial charge in [-0.3, -0.25) is 9.10 Å². The molecule has 0 radical (unpaired) electrons. The molecule has 31 heavy (non-hydrogen) atoms. The number of amides is 1. The van der Waals surface area contributed by atoms with Crippen molar-refractivity contribution < 1.29 is 31.1 Å². The summed E-state index contributed by atoms with van der Waals surface area (Å²) in [5, 5.41) is 2.59. The second-order valence-electron chi connectivity index (χ2n) is 7.41. The van der Waals surface area contributed by atoms with E-state index in [1.54, 1.807) is 13.0 Å². The molecule has 0 saturated heterocycles. The van der Waals surface area contributed by atoms with E-state index in [0.717, 1.165) is 12.1 Å². The minimum atomic E-state index is -4.67. The molecule has 10 heteroatoms. The zero-order chi connectivity index (χ0) is 23.4. The van der Waals surface area contributed by atoms with Crippen molar-refractivity contribution in [1.29, 1.82) is 0 Å². The highest BCUT2D eigenvalue weighted by Crippen LogP contribution is 2.35. The summed E-state index contributed by atoms with van der Waals surface area (Å²) in [4.78, 5) is 12.2. The number of nitrogens with zero attached hydrogens (tertiary/aromatic N) is 1. The smallest absolute Gasteiger partial charge is 0.416 e. The molecule has 2 aromatic rings. The van der Waals surface area contributed by atoms with Crippen LogP contribution in [0, 0.1) is 12.8 Å². The van der Waals surface area contributed by atoms with Crippen molar-refractivity contribution in [2.24, 2.45) is 5.92 Å². The Bertz CT molecular complexity index is 1040. The Balaban J connectivity index is 2.60. The van der Waals surface area contributed by atoms with Gasteiger partial charge in [0.2, 0.25) is 5.91 Å². The first-order valence-corrected chi connectivity index (χ1v) is 10.9. The van der Waals surface area contributed by atoms with E-state index < -0.39 is 34.2 Å². The number of carbonyl (C=O) groups excluding carboxylic acids is 1. The molecular weight excluding hydrogens is 433 g/mol. The standard InChI is InChI=1S/C21H25F3N2O4S/c1-14(2)12-25-20(27)13-26(17-7-5-6-16(11-17)21(22,23)24)31(28,29)19-10-15(3)8-9-18(19)30-4/h5-11,14H,12-13H2,1-4H3,(H,25,27). The molecule has 0 saturated carbocycles. The van der Waals surface area contributed by atoms with Gasteiger partial charge >= 0.3 is 6.18 Å². The molecule has 0 bridgehead atoms. The van der Waals surface area contributed by atoms with E-state index in [4.69, 9.17) is 4.74 Å². The van der Waals surface area contributed by atoms with Crippen LogP contribution in [0.2, 0.25) is 0 Å². The molecule has 1 N–H and O–H groups in total.